The van der Waals surface area contributed by atoms with Gasteiger partial charge in [-0.2, -0.15) is 0 Å². The standard InChI is InChI=1S/C15H20N2O2/c1-10(2)13(7-8-16)17-15(18)12-9-19-14-6-4-3-5-11(12)14/h3-6,9-10,13H,7-8,16H2,1-2H3,(H,17,18). The summed E-state index contributed by atoms with van der Waals surface area (Å²) in [6.45, 7) is 4.72. The summed E-state index contributed by atoms with van der Waals surface area (Å²) in [5.74, 6) is 0.253. The molecule has 0 fully saturated rings. The molecule has 0 spiro atoms. The fourth-order valence-corrected chi connectivity index (χ4v) is 2.15. The first-order chi connectivity index (χ1) is 9.13. The third kappa shape index (κ3) is 2.96. The molecular weight excluding hydrogens is 240 g/mol. The first kappa shape index (κ1) is 13.6. The van der Waals surface area contributed by atoms with Crippen LogP contribution in [0.5, 0.6) is 0 Å². The quantitative estimate of drug-likeness (QED) is 0.868. The van der Waals surface area contributed by atoms with Crippen LogP contribution in [0.25, 0.3) is 11.0 Å². The summed E-state index contributed by atoms with van der Waals surface area (Å²) in [5.41, 5.74) is 6.89. The molecule has 1 aromatic heterocycles. The molecule has 0 saturated heterocycles. The second-order valence-corrected chi connectivity index (χ2v) is 5.05. The minimum absolute atomic E-state index is 0.0890. The van der Waals surface area contributed by atoms with Crippen LogP contribution < -0.4 is 11.1 Å². The number of furan rings is 1. The molecule has 1 heterocycles. The molecule has 0 bridgehead atoms. The summed E-state index contributed by atoms with van der Waals surface area (Å²) < 4.78 is 5.39. The van der Waals surface area contributed by atoms with E-state index in [9.17, 15) is 4.79 Å². The number of hydrogen-bond donors (Lipinski definition) is 2. The molecular formula is C15H20N2O2. The van der Waals surface area contributed by atoms with Crippen molar-refractivity contribution < 1.29 is 9.21 Å². The van der Waals surface area contributed by atoms with E-state index in [4.69, 9.17) is 10.2 Å². The van der Waals surface area contributed by atoms with Crippen LogP contribution in [0.2, 0.25) is 0 Å². The van der Waals surface area contributed by atoms with Gasteiger partial charge in [-0.15, -0.1) is 0 Å². The Morgan fingerprint density at radius 1 is 1.37 bits per heavy atom. The molecule has 4 heteroatoms. The average Bonchev–Trinajstić information content (AvgIpc) is 2.81. The lowest BCUT2D eigenvalue weighted by Crippen LogP contribution is -2.39. The van der Waals surface area contributed by atoms with Crippen molar-refractivity contribution in [2.24, 2.45) is 11.7 Å². The highest BCUT2D eigenvalue weighted by Gasteiger charge is 2.19. The summed E-state index contributed by atoms with van der Waals surface area (Å²) >= 11 is 0. The maximum Gasteiger partial charge on any atom is 0.255 e. The molecule has 1 unspecified atom stereocenters. The number of benzene rings is 1. The minimum Gasteiger partial charge on any atom is -0.463 e. The number of nitrogens with two attached hydrogens (primary N) is 1. The molecule has 19 heavy (non-hydrogen) atoms. The van der Waals surface area contributed by atoms with Crippen molar-refractivity contribution in [1.82, 2.24) is 5.32 Å². The Morgan fingerprint density at radius 2 is 2.11 bits per heavy atom. The number of carbonyl (C=O) groups is 1. The molecule has 0 aliphatic carbocycles. The van der Waals surface area contributed by atoms with Gasteiger partial charge in [0.15, 0.2) is 0 Å². The van der Waals surface area contributed by atoms with Crippen LogP contribution in [-0.4, -0.2) is 18.5 Å². The van der Waals surface area contributed by atoms with Gasteiger partial charge in [-0.1, -0.05) is 32.0 Å². The first-order valence-electron chi connectivity index (χ1n) is 6.60. The minimum atomic E-state index is -0.0999. The van der Waals surface area contributed by atoms with Crippen LogP contribution in [0.1, 0.15) is 30.6 Å². The number of rotatable bonds is 5. The van der Waals surface area contributed by atoms with Gasteiger partial charge in [0.2, 0.25) is 0 Å². The van der Waals surface area contributed by atoms with Crippen LogP contribution in [0, 0.1) is 5.92 Å². The van der Waals surface area contributed by atoms with Gasteiger partial charge in [-0.25, -0.2) is 0 Å². The summed E-state index contributed by atoms with van der Waals surface area (Å²) in [6.07, 6.45) is 2.29. The number of para-hydroxylation sites is 1. The summed E-state index contributed by atoms with van der Waals surface area (Å²) in [6, 6.07) is 7.62. The highest BCUT2D eigenvalue weighted by Crippen LogP contribution is 2.21. The van der Waals surface area contributed by atoms with E-state index in [-0.39, 0.29) is 11.9 Å². The Bertz CT molecular complexity index is 560. The van der Waals surface area contributed by atoms with E-state index in [2.05, 4.69) is 19.2 Å². The summed E-state index contributed by atoms with van der Waals surface area (Å²) in [5, 5.41) is 3.88. The molecule has 0 aliphatic rings. The van der Waals surface area contributed by atoms with Crippen molar-refractivity contribution >= 4 is 16.9 Å². The molecule has 1 amide bonds. The van der Waals surface area contributed by atoms with Gasteiger partial charge in [0.25, 0.3) is 5.91 Å². The monoisotopic (exact) mass is 260 g/mol. The van der Waals surface area contributed by atoms with Crippen molar-refractivity contribution in [2.75, 3.05) is 6.54 Å². The second-order valence-electron chi connectivity index (χ2n) is 5.05. The largest absolute Gasteiger partial charge is 0.463 e. The smallest absolute Gasteiger partial charge is 0.255 e. The first-order valence-corrected chi connectivity index (χ1v) is 6.60. The lowest BCUT2D eigenvalue weighted by atomic mass is 10.0. The van der Waals surface area contributed by atoms with Gasteiger partial charge in [-0.3, -0.25) is 4.79 Å². The molecule has 0 saturated carbocycles. The maximum atomic E-state index is 12.3. The zero-order valence-corrected chi connectivity index (χ0v) is 11.3. The van der Waals surface area contributed by atoms with Crippen molar-refractivity contribution in [1.29, 1.82) is 0 Å². The van der Waals surface area contributed by atoms with Gasteiger partial charge in [0.1, 0.15) is 11.8 Å². The molecule has 1 aromatic carbocycles. The Morgan fingerprint density at radius 3 is 2.79 bits per heavy atom. The third-order valence-electron chi connectivity index (χ3n) is 3.32. The molecule has 3 N–H and O–H groups in total. The van der Waals surface area contributed by atoms with Crippen molar-refractivity contribution in [3.63, 3.8) is 0 Å². The molecule has 0 radical (unpaired) electrons. The molecule has 1 atom stereocenters. The molecule has 2 aromatic rings. The molecule has 4 nitrogen and oxygen atoms in total. The number of carbonyl (C=O) groups excluding carboxylic acids is 1. The fourth-order valence-electron chi connectivity index (χ4n) is 2.15. The predicted octanol–water partition coefficient (Wildman–Crippen LogP) is 2.54. The maximum absolute atomic E-state index is 12.3. The lowest BCUT2D eigenvalue weighted by Gasteiger charge is -2.21. The number of amides is 1. The lowest BCUT2D eigenvalue weighted by molar-refractivity contribution is 0.0925. The number of hydrogen-bond acceptors (Lipinski definition) is 3. The summed E-state index contributed by atoms with van der Waals surface area (Å²) in [7, 11) is 0. The Labute approximate surface area is 113 Å². The molecule has 0 aliphatic heterocycles. The number of nitrogens with one attached hydrogen (secondary N) is 1. The normalized spacial score (nSPS) is 12.8. The summed E-state index contributed by atoms with van der Waals surface area (Å²) in [4.78, 5) is 12.3. The van der Waals surface area contributed by atoms with E-state index in [0.717, 1.165) is 17.4 Å². The van der Waals surface area contributed by atoms with E-state index in [1.165, 1.54) is 6.26 Å². The van der Waals surface area contributed by atoms with E-state index in [0.29, 0.717) is 18.0 Å². The van der Waals surface area contributed by atoms with Gasteiger partial charge in [-0.05, 0) is 24.9 Å². The molecule has 2 rings (SSSR count). The van der Waals surface area contributed by atoms with Crippen LogP contribution in [-0.2, 0) is 0 Å². The second kappa shape index (κ2) is 5.89. The van der Waals surface area contributed by atoms with Gasteiger partial charge in [0.05, 0.1) is 5.56 Å². The Hall–Kier alpha value is -1.81. The topological polar surface area (TPSA) is 68.3 Å². The highest BCUT2D eigenvalue weighted by molar-refractivity contribution is 6.05. The Kier molecular flexibility index (Phi) is 4.22. The zero-order chi connectivity index (χ0) is 13.8. The predicted molar refractivity (Wildman–Crippen MR) is 76.0 cm³/mol. The Balaban J connectivity index is 2.19. The van der Waals surface area contributed by atoms with Crippen molar-refractivity contribution in [3.8, 4) is 0 Å². The van der Waals surface area contributed by atoms with E-state index >= 15 is 0 Å². The fraction of sp³-hybridized carbons (Fsp3) is 0.400. The highest BCUT2D eigenvalue weighted by atomic mass is 16.3. The van der Waals surface area contributed by atoms with Crippen LogP contribution in [0.3, 0.4) is 0 Å². The van der Waals surface area contributed by atoms with Crippen LogP contribution >= 0.6 is 0 Å². The average molecular weight is 260 g/mol. The van der Waals surface area contributed by atoms with Crippen LogP contribution in [0.4, 0.5) is 0 Å². The zero-order valence-electron chi connectivity index (χ0n) is 11.3. The SMILES string of the molecule is CC(C)C(CCN)NC(=O)c1coc2ccccc12. The van der Waals surface area contributed by atoms with Crippen LogP contribution in [0.15, 0.2) is 34.9 Å². The van der Waals surface area contributed by atoms with Crippen molar-refractivity contribution in [2.45, 2.75) is 26.3 Å². The van der Waals surface area contributed by atoms with E-state index in [1.807, 2.05) is 24.3 Å². The van der Waals surface area contributed by atoms with Gasteiger partial charge in [0, 0.05) is 11.4 Å². The van der Waals surface area contributed by atoms with Gasteiger partial charge >= 0.3 is 0 Å². The molecule has 102 valence electrons. The van der Waals surface area contributed by atoms with E-state index in [1.54, 1.807) is 0 Å². The number of fused-ring (bicyclic) bond motifs is 1. The van der Waals surface area contributed by atoms with E-state index < -0.39 is 0 Å². The van der Waals surface area contributed by atoms with Gasteiger partial charge < -0.3 is 15.5 Å². The van der Waals surface area contributed by atoms with Crippen molar-refractivity contribution in [3.05, 3.63) is 36.1 Å². The third-order valence-corrected chi connectivity index (χ3v) is 3.32.